The average Bonchev–Trinajstić information content (AvgIpc) is 3.24. The van der Waals surface area contributed by atoms with Crippen molar-refractivity contribution in [2.45, 2.75) is 11.4 Å². The molecule has 0 aliphatic heterocycles. The summed E-state index contributed by atoms with van der Waals surface area (Å²) in [6.07, 6.45) is 2.79. The zero-order valence-corrected chi connectivity index (χ0v) is 14.8. The lowest BCUT2D eigenvalue weighted by molar-refractivity contribution is 0.575. The van der Waals surface area contributed by atoms with Gasteiger partial charge in [-0.25, -0.2) is 12.8 Å². The van der Waals surface area contributed by atoms with Gasteiger partial charge in [-0.1, -0.05) is 12.1 Å². The number of benzene rings is 2. The third kappa shape index (κ3) is 3.04. The lowest BCUT2D eigenvalue weighted by Gasteiger charge is -2.10. The fraction of sp³-hybridized carbons (Fsp3) is 0.100. The van der Waals surface area contributed by atoms with E-state index in [1.165, 1.54) is 18.4 Å². The molecule has 2 heterocycles. The van der Waals surface area contributed by atoms with E-state index in [4.69, 9.17) is 4.42 Å². The molecule has 0 bridgehead atoms. The minimum Gasteiger partial charge on any atom is -0.463 e. The lowest BCUT2D eigenvalue weighted by Crippen LogP contribution is -2.02. The number of nitrogens with zero attached hydrogens (tertiary/aromatic N) is 1. The van der Waals surface area contributed by atoms with Crippen LogP contribution in [-0.2, 0) is 16.4 Å². The van der Waals surface area contributed by atoms with Gasteiger partial charge in [-0.05, 0) is 54.1 Å². The summed E-state index contributed by atoms with van der Waals surface area (Å²) in [6, 6.07) is 16.9. The Morgan fingerprint density at radius 1 is 1.04 bits per heavy atom. The van der Waals surface area contributed by atoms with E-state index in [0.717, 1.165) is 22.2 Å². The monoisotopic (exact) mass is 369 g/mol. The van der Waals surface area contributed by atoms with Crippen molar-refractivity contribution in [3.63, 3.8) is 0 Å². The van der Waals surface area contributed by atoms with Gasteiger partial charge < -0.3 is 8.98 Å². The molecule has 132 valence electrons. The Morgan fingerprint density at radius 3 is 2.46 bits per heavy atom. The molecule has 0 atom stereocenters. The van der Waals surface area contributed by atoms with Crippen molar-refractivity contribution in [1.29, 1.82) is 0 Å². The smallest absolute Gasteiger partial charge is 0.175 e. The summed E-state index contributed by atoms with van der Waals surface area (Å²) < 4.78 is 44.5. The number of aromatic nitrogens is 1. The molecule has 0 aliphatic rings. The predicted molar refractivity (Wildman–Crippen MR) is 98.3 cm³/mol. The van der Waals surface area contributed by atoms with Crippen molar-refractivity contribution in [2.75, 3.05) is 6.26 Å². The molecule has 0 unspecified atom stereocenters. The first-order valence-electron chi connectivity index (χ1n) is 8.03. The molecule has 0 spiro atoms. The molecule has 2 aromatic carbocycles. The molecule has 6 heteroatoms. The Balaban J connectivity index is 1.90. The molecule has 4 aromatic rings. The maximum atomic E-state index is 13.2. The Bertz CT molecular complexity index is 1170. The Labute approximate surface area is 150 Å². The van der Waals surface area contributed by atoms with Crippen LogP contribution in [0.2, 0.25) is 0 Å². The largest absolute Gasteiger partial charge is 0.463 e. The second kappa shape index (κ2) is 6.14. The number of rotatable bonds is 4. The van der Waals surface area contributed by atoms with Crippen LogP contribution in [0.5, 0.6) is 0 Å². The molecule has 4 nitrogen and oxygen atoms in total. The summed E-state index contributed by atoms with van der Waals surface area (Å²) in [5.74, 6) is 0.402. The highest BCUT2D eigenvalue weighted by Crippen LogP contribution is 2.31. The van der Waals surface area contributed by atoms with E-state index in [1.807, 2.05) is 16.7 Å². The molecule has 0 amide bonds. The van der Waals surface area contributed by atoms with Crippen molar-refractivity contribution in [2.24, 2.45) is 0 Å². The summed E-state index contributed by atoms with van der Waals surface area (Å²) in [5.41, 5.74) is 2.65. The summed E-state index contributed by atoms with van der Waals surface area (Å²) in [6.45, 7) is 0.512. The Morgan fingerprint density at radius 2 is 1.81 bits per heavy atom. The molecular formula is C20H16FNO3S. The van der Waals surface area contributed by atoms with Crippen molar-refractivity contribution >= 4 is 20.7 Å². The SMILES string of the molecule is CS(=O)(=O)c1ccc2c(c1)cc(-c1ccco1)n2Cc1ccc(F)cc1. The van der Waals surface area contributed by atoms with Gasteiger partial charge in [0.15, 0.2) is 9.84 Å². The molecule has 26 heavy (non-hydrogen) atoms. The molecule has 0 saturated heterocycles. The first-order valence-corrected chi connectivity index (χ1v) is 9.93. The van der Waals surface area contributed by atoms with Crippen molar-refractivity contribution in [3.8, 4) is 11.5 Å². The Hall–Kier alpha value is -2.86. The number of halogens is 1. The molecule has 0 saturated carbocycles. The van der Waals surface area contributed by atoms with E-state index < -0.39 is 9.84 Å². The van der Waals surface area contributed by atoms with Gasteiger partial charge in [0.25, 0.3) is 0 Å². The van der Waals surface area contributed by atoms with Crippen LogP contribution in [-0.4, -0.2) is 19.2 Å². The van der Waals surface area contributed by atoms with Crippen LogP contribution in [0.25, 0.3) is 22.4 Å². The summed E-state index contributed by atoms with van der Waals surface area (Å²) in [5, 5.41) is 0.807. The topological polar surface area (TPSA) is 52.2 Å². The molecule has 0 radical (unpaired) electrons. The normalized spacial score (nSPS) is 11.9. The van der Waals surface area contributed by atoms with Gasteiger partial charge in [-0.2, -0.15) is 0 Å². The van der Waals surface area contributed by atoms with E-state index in [1.54, 1.807) is 42.7 Å². The standard InChI is InChI=1S/C20H16FNO3S/c1-26(23,24)17-8-9-18-15(11-17)12-19(20-3-2-10-25-20)22(18)13-14-4-6-16(21)7-5-14/h2-12H,13H2,1H3. The van der Waals surface area contributed by atoms with Crippen LogP contribution in [0, 0.1) is 5.82 Å². The van der Waals surface area contributed by atoms with Crippen molar-refractivity contribution in [3.05, 3.63) is 78.3 Å². The number of fused-ring (bicyclic) bond motifs is 1. The zero-order chi connectivity index (χ0) is 18.3. The maximum Gasteiger partial charge on any atom is 0.175 e. The summed E-state index contributed by atoms with van der Waals surface area (Å²) >= 11 is 0. The zero-order valence-electron chi connectivity index (χ0n) is 14.0. The first-order chi connectivity index (χ1) is 12.4. The quantitative estimate of drug-likeness (QED) is 0.532. The predicted octanol–water partition coefficient (Wildman–Crippen LogP) is 4.49. The lowest BCUT2D eigenvalue weighted by atomic mass is 10.2. The van der Waals surface area contributed by atoms with Gasteiger partial charge in [0.2, 0.25) is 0 Å². The van der Waals surface area contributed by atoms with Crippen LogP contribution >= 0.6 is 0 Å². The van der Waals surface area contributed by atoms with Crippen LogP contribution in [0.1, 0.15) is 5.56 Å². The van der Waals surface area contributed by atoms with Gasteiger partial charge >= 0.3 is 0 Å². The number of sulfone groups is 1. The van der Waals surface area contributed by atoms with Gasteiger partial charge in [0.05, 0.1) is 16.9 Å². The number of furan rings is 1. The second-order valence-electron chi connectivity index (χ2n) is 6.21. The third-order valence-electron chi connectivity index (χ3n) is 4.33. The van der Waals surface area contributed by atoms with E-state index in [0.29, 0.717) is 12.3 Å². The second-order valence-corrected chi connectivity index (χ2v) is 8.23. The van der Waals surface area contributed by atoms with Gasteiger partial charge in [0.1, 0.15) is 11.6 Å². The highest BCUT2D eigenvalue weighted by molar-refractivity contribution is 7.90. The van der Waals surface area contributed by atoms with E-state index in [-0.39, 0.29) is 10.7 Å². The molecule has 0 fully saturated rings. The molecular weight excluding hydrogens is 353 g/mol. The molecule has 4 rings (SSSR count). The highest BCUT2D eigenvalue weighted by Gasteiger charge is 2.16. The van der Waals surface area contributed by atoms with Gasteiger partial charge in [-0.15, -0.1) is 0 Å². The average molecular weight is 369 g/mol. The fourth-order valence-corrected chi connectivity index (χ4v) is 3.71. The first kappa shape index (κ1) is 16.6. The molecule has 2 aromatic heterocycles. The van der Waals surface area contributed by atoms with E-state index in [2.05, 4.69) is 0 Å². The van der Waals surface area contributed by atoms with E-state index in [9.17, 15) is 12.8 Å². The van der Waals surface area contributed by atoms with Crippen molar-refractivity contribution < 1.29 is 17.2 Å². The van der Waals surface area contributed by atoms with Crippen molar-refractivity contribution in [1.82, 2.24) is 4.57 Å². The van der Waals surface area contributed by atoms with Gasteiger partial charge in [0, 0.05) is 23.7 Å². The molecule has 0 N–H and O–H groups in total. The molecule has 0 aliphatic carbocycles. The summed E-state index contributed by atoms with van der Waals surface area (Å²) in [7, 11) is -3.29. The van der Waals surface area contributed by atoms with Crippen LogP contribution in [0.15, 0.2) is 76.2 Å². The Kier molecular flexibility index (Phi) is 3.92. The minimum absolute atomic E-state index is 0.273. The number of hydrogen-bond acceptors (Lipinski definition) is 3. The van der Waals surface area contributed by atoms with Crippen LogP contribution in [0.4, 0.5) is 4.39 Å². The van der Waals surface area contributed by atoms with Crippen LogP contribution in [0.3, 0.4) is 0 Å². The van der Waals surface area contributed by atoms with E-state index >= 15 is 0 Å². The van der Waals surface area contributed by atoms with Crippen LogP contribution < -0.4 is 0 Å². The van der Waals surface area contributed by atoms with Gasteiger partial charge in [-0.3, -0.25) is 0 Å². The minimum atomic E-state index is -3.29. The fourth-order valence-electron chi connectivity index (χ4n) is 3.05. The summed E-state index contributed by atoms with van der Waals surface area (Å²) in [4.78, 5) is 0.273. The highest BCUT2D eigenvalue weighted by atomic mass is 32.2. The third-order valence-corrected chi connectivity index (χ3v) is 5.44. The maximum absolute atomic E-state index is 13.2. The number of hydrogen-bond donors (Lipinski definition) is 0.